The Morgan fingerprint density at radius 1 is 1.05 bits per heavy atom. The van der Waals surface area contributed by atoms with E-state index in [-0.39, 0.29) is 11.5 Å². The number of aromatic nitrogens is 1. The average molecular weight is 573 g/mol. The van der Waals surface area contributed by atoms with E-state index in [0.717, 1.165) is 62.2 Å². The van der Waals surface area contributed by atoms with Crippen molar-refractivity contribution in [3.8, 4) is 17.2 Å². The van der Waals surface area contributed by atoms with Crippen LogP contribution in [0.3, 0.4) is 0 Å². The molecule has 0 radical (unpaired) electrons. The molecule has 3 heterocycles. The van der Waals surface area contributed by atoms with Gasteiger partial charge in [0.1, 0.15) is 17.7 Å². The normalized spacial score (nSPS) is 22.3. The Hall–Kier alpha value is -3.59. The zero-order valence-electron chi connectivity index (χ0n) is 25.5. The van der Waals surface area contributed by atoms with E-state index in [1.807, 2.05) is 42.6 Å². The Balaban J connectivity index is 0.000000168. The number of rotatable bonds is 8. The summed E-state index contributed by atoms with van der Waals surface area (Å²) in [6, 6.07) is 18.4. The number of aliphatic hydroxyl groups is 1. The Morgan fingerprint density at radius 3 is 2.55 bits per heavy atom. The summed E-state index contributed by atoms with van der Waals surface area (Å²) in [5.74, 6) is 3.58. The maximum absolute atomic E-state index is 9.97. The summed E-state index contributed by atoms with van der Waals surface area (Å²) in [5, 5.41) is 9.97. The van der Waals surface area contributed by atoms with Gasteiger partial charge in [-0.15, -0.1) is 0 Å². The number of aliphatic hydroxyl groups excluding tert-OH is 1. The standard InChI is InChI=1S/C17H23N3O.C17H21NO3/c1-19(2)12-13-20(17-6-4-5-11-18-17)14-15-7-9-16(21-3)10-8-15;1-18-8-7-17-6-5-12(19)9-14(17)21-16-13(20-2)4-3-11(10-18)15(16)17/h4-11H,12-14H2,1-3H3;3-6,12,14,19H,7-10H2,1-2H3/t;12-,14-,17-/m.0/s1. The van der Waals surface area contributed by atoms with Crippen molar-refractivity contribution in [1.82, 2.24) is 14.8 Å². The highest BCUT2D eigenvalue weighted by Gasteiger charge is 2.52. The number of pyridine rings is 1. The largest absolute Gasteiger partial charge is 0.497 e. The SMILES string of the molecule is COc1ccc(CN(CCN(C)C)c2ccccn2)cc1.COc1ccc2c3c1O[C@H]1C[C@@H](O)C=C[C@@]31CCN(C)C2. The molecule has 2 aromatic carbocycles. The lowest BCUT2D eigenvalue weighted by Gasteiger charge is -2.35. The Labute approximate surface area is 250 Å². The molecule has 3 aliphatic rings. The molecule has 1 aromatic heterocycles. The molecule has 1 spiro atoms. The van der Waals surface area contributed by atoms with Gasteiger partial charge in [-0.3, -0.25) is 0 Å². The van der Waals surface area contributed by atoms with Gasteiger partial charge >= 0.3 is 0 Å². The molecule has 1 N–H and O–H groups in total. The van der Waals surface area contributed by atoms with Crippen molar-refractivity contribution in [2.45, 2.75) is 43.6 Å². The summed E-state index contributed by atoms with van der Waals surface area (Å²) >= 11 is 0. The molecule has 3 aromatic rings. The minimum atomic E-state index is -0.412. The van der Waals surface area contributed by atoms with Crippen LogP contribution in [0.15, 0.2) is 72.9 Å². The van der Waals surface area contributed by atoms with Gasteiger partial charge in [-0.25, -0.2) is 4.98 Å². The first-order chi connectivity index (χ1) is 20.3. The first-order valence-corrected chi connectivity index (χ1v) is 14.7. The van der Waals surface area contributed by atoms with Crippen LogP contribution in [0.25, 0.3) is 0 Å². The van der Waals surface area contributed by atoms with Crippen LogP contribution in [0, 0.1) is 0 Å². The predicted molar refractivity (Wildman–Crippen MR) is 167 cm³/mol. The molecule has 1 aliphatic carbocycles. The number of benzene rings is 2. The van der Waals surface area contributed by atoms with E-state index in [2.05, 4.69) is 71.2 Å². The van der Waals surface area contributed by atoms with Crippen molar-refractivity contribution in [3.05, 3.63) is 89.6 Å². The minimum Gasteiger partial charge on any atom is -0.497 e. The second-order valence-electron chi connectivity index (χ2n) is 11.7. The quantitative estimate of drug-likeness (QED) is 0.396. The van der Waals surface area contributed by atoms with Crippen LogP contribution < -0.4 is 19.1 Å². The van der Waals surface area contributed by atoms with E-state index in [9.17, 15) is 5.11 Å². The van der Waals surface area contributed by atoms with E-state index < -0.39 is 6.10 Å². The van der Waals surface area contributed by atoms with Gasteiger partial charge in [0.25, 0.3) is 0 Å². The average Bonchev–Trinajstić information content (AvgIpc) is 3.26. The monoisotopic (exact) mass is 572 g/mol. The summed E-state index contributed by atoms with van der Waals surface area (Å²) in [4.78, 5) is 11.3. The van der Waals surface area contributed by atoms with Crippen LogP contribution in [0.2, 0.25) is 0 Å². The van der Waals surface area contributed by atoms with E-state index in [1.54, 1.807) is 14.2 Å². The molecule has 8 heteroatoms. The third-order valence-electron chi connectivity index (χ3n) is 8.47. The first kappa shape index (κ1) is 29.9. The van der Waals surface area contributed by atoms with E-state index >= 15 is 0 Å². The second-order valence-corrected chi connectivity index (χ2v) is 11.7. The maximum Gasteiger partial charge on any atom is 0.166 e. The van der Waals surface area contributed by atoms with Gasteiger partial charge in [0.2, 0.25) is 0 Å². The molecular formula is C34H44N4O4. The maximum atomic E-state index is 9.97. The zero-order valence-corrected chi connectivity index (χ0v) is 25.5. The van der Waals surface area contributed by atoms with Crippen LogP contribution in [-0.2, 0) is 18.5 Å². The van der Waals surface area contributed by atoms with Crippen molar-refractivity contribution in [3.63, 3.8) is 0 Å². The molecule has 8 nitrogen and oxygen atoms in total. The molecule has 2 aliphatic heterocycles. The number of methoxy groups -OCH3 is 2. The first-order valence-electron chi connectivity index (χ1n) is 14.7. The fourth-order valence-electron chi connectivity index (χ4n) is 6.16. The van der Waals surface area contributed by atoms with Crippen molar-refractivity contribution in [1.29, 1.82) is 0 Å². The second kappa shape index (κ2) is 13.2. The number of hydrogen-bond acceptors (Lipinski definition) is 8. The Kier molecular flexibility index (Phi) is 9.36. The fourth-order valence-corrected chi connectivity index (χ4v) is 6.16. The highest BCUT2D eigenvalue weighted by Crippen LogP contribution is 2.55. The number of ether oxygens (including phenoxy) is 3. The summed E-state index contributed by atoms with van der Waals surface area (Å²) in [6.45, 7) is 4.73. The van der Waals surface area contributed by atoms with E-state index in [0.29, 0.717) is 6.42 Å². The molecule has 224 valence electrons. The number of anilines is 1. The van der Waals surface area contributed by atoms with Crippen molar-refractivity contribution in [2.24, 2.45) is 0 Å². The van der Waals surface area contributed by atoms with Crippen molar-refractivity contribution in [2.75, 3.05) is 59.9 Å². The topological polar surface area (TPSA) is 70.5 Å². The van der Waals surface area contributed by atoms with E-state index in [1.165, 1.54) is 16.7 Å². The van der Waals surface area contributed by atoms with Crippen molar-refractivity contribution >= 4 is 5.82 Å². The van der Waals surface area contributed by atoms with Gasteiger partial charge in [0, 0.05) is 44.4 Å². The summed E-state index contributed by atoms with van der Waals surface area (Å²) < 4.78 is 17.0. The summed E-state index contributed by atoms with van der Waals surface area (Å²) in [6.07, 6.45) is 7.22. The molecule has 3 atom stereocenters. The van der Waals surface area contributed by atoms with Gasteiger partial charge in [-0.05, 0) is 75.6 Å². The molecule has 0 saturated carbocycles. The van der Waals surface area contributed by atoms with Gasteiger partial charge in [-0.1, -0.05) is 36.4 Å². The number of likely N-dealkylation sites (N-methyl/N-ethyl adjacent to an activating group) is 1. The van der Waals surface area contributed by atoms with Gasteiger partial charge in [0.05, 0.1) is 25.7 Å². The number of nitrogens with zero attached hydrogens (tertiary/aromatic N) is 4. The third-order valence-corrected chi connectivity index (χ3v) is 8.47. The lowest BCUT2D eigenvalue weighted by atomic mass is 9.69. The van der Waals surface area contributed by atoms with Gasteiger partial charge in [0.15, 0.2) is 11.5 Å². The Morgan fingerprint density at radius 2 is 1.86 bits per heavy atom. The Bertz CT molecular complexity index is 1350. The molecule has 6 rings (SSSR count). The van der Waals surface area contributed by atoms with Gasteiger partial charge in [-0.2, -0.15) is 0 Å². The number of hydrogen-bond donors (Lipinski definition) is 1. The van der Waals surface area contributed by atoms with Crippen LogP contribution in [-0.4, -0.2) is 87.1 Å². The molecule has 0 amide bonds. The molecule has 0 unspecified atom stereocenters. The van der Waals surface area contributed by atoms with Crippen LogP contribution in [0.4, 0.5) is 5.82 Å². The minimum absolute atomic E-state index is 0.00838. The van der Waals surface area contributed by atoms with Crippen LogP contribution in [0.5, 0.6) is 17.2 Å². The molecule has 0 bridgehead atoms. The molecule has 42 heavy (non-hydrogen) atoms. The third kappa shape index (κ3) is 6.41. The van der Waals surface area contributed by atoms with Gasteiger partial charge < -0.3 is 34.0 Å². The summed E-state index contributed by atoms with van der Waals surface area (Å²) in [5.41, 5.74) is 3.73. The van der Waals surface area contributed by atoms with Crippen LogP contribution >= 0.6 is 0 Å². The highest BCUT2D eigenvalue weighted by molar-refractivity contribution is 5.61. The molecular weight excluding hydrogens is 528 g/mol. The summed E-state index contributed by atoms with van der Waals surface area (Å²) in [7, 11) is 9.70. The van der Waals surface area contributed by atoms with Crippen molar-refractivity contribution < 1.29 is 19.3 Å². The predicted octanol–water partition coefficient (Wildman–Crippen LogP) is 4.51. The fraction of sp³-hybridized carbons (Fsp3) is 0.441. The molecule has 0 fully saturated rings. The highest BCUT2D eigenvalue weighted by atomic mass is 16.5. The lowest BCUT2D eigenvalue weighted by molar-refractivity contribution is 0.0821. The van der Waals surface area contributed by atoms with E-state index in [4.69, 9.17) is 14.2 Å². The lowest BCUT2D eigenvalue weighted by Crippen LogP contribution is -2.42. The molecule has 0 saturated heterocycles. The smallest absolute Gasteiger partial charge is 0.166 e. The zero-order chi connectivity index (χ0) is 29.7. The van der Waals surface area contributed by atoms with Crippen LogP contribution in [0.1, 0.15) is 29.5 Å².